The highest BCUT2D eigenvalue weighted by Crippen LogP contribution is 2.25. The Morgan fingerprint density at radius 2 is 2.28 bits per heavy atom. The standard InChI is InChI=1S/C20H21N7O2/c28-20(24-16-9-23-27(11-16)10-13-2-1-5-29-12-13)19-17-4-3-14(6-18(17)25-26-19)15-7-21-22-8-15/h3-4,6-9,11,13H,1-2,5,10,12H2,(H,21,22)(H,24,28)(H,25,26). The fourth-order valence-corrected chi connectivity index (χ4v) is 3.72. The Hall–Kier alpha value is -3.46. The van der Waals surface area contributed by atoms with Crippen LogP contribution in [0.1, 0.15) is 23.3 Å². The molecule has 5 rings (SSSR count). The molecule has 0 saturated carbocycles. The maximum Gasteiger partial charge on any atom is 0.276 e. The van der Waals surface area contributed by atoms with Crippen LogP contribution < -0.4 is 5.32 Å². The molecule has 1 aliphatic rings. The first-order valence-electron chi connectivity index (χ1n) is 9.65. The van der Waals surface area contributed by atoms with Gasteiger partial charge in [0.1, 0.15) is 0 Å². The van der Waals surface area contributed by atoms with E-state index in [-0.39, 0.29) is 5.91 Å². The molecule has 1 unspecified atom stereocenters. The van der Waals surface area contributed by atoms with E-state index >= 15 is 0 Å². The van der Waals surface area contributed by atoms with Gasteiger partial charge in [-0.25, -0.2) is 0 Å². The van der Waals surface area contributed by atoms with Gasteiger partial charge in [-0.15, -0.1) is 0 Å². The number of fused-ring (bicyclic) bond motifs is 1. The summed E-state index contributed by atoms with van der Waals surface area (Å²) < 4.78 is 7.38. The van der Waals surface area contributed by atoms with Crippen LogP contribution in [0.4, 0.5) is 5.69 Å². The normalized spacial score (nSPS) is 16.9. The third kappa shape index (κ3) is 3.64. The van der Waals surface area contributed by atoms with Crippen molar-refractivity contribution < 1.29 is 9.53 Å². The third-order valence-electron chi connectivity index (χ3n) is 5.20. The van der Waals surface area contributed by atoms with E-state index < -0.39 is 0 Å². The van der Waals surface area contributed by atoms with E-state index in [0.717, 1.165) is 54.6 Å². The number of hydrogen-bond acceptors (Lipinski definition) is 5. The van der Waals surface area contributed by atoms with Crippen LogP contribution in [0, 0.1) is 5.92 Å². The molecule has 0 spiro atoms. The number of carbonyl (C=O) groups is 1. The topological polar surface area (TPSA) is 114 Å². The largest absolute Gasteiger partial charge is 0.381 e. The van der Waals surface area contributed by atoms with Gasteiger partial charge in [-0.05, 0) is 30.5 Å². The average molecular weight is 391 g/mol. The second-order valence-corrected chi connectivity index (χ2v) is 7.31. The number of rotatable bonds is 5. The summed E-state index contributed by atoms with van der Waals surface area (Å²) >= 11 is 0. The predicted molar refractivity (Wildman–Crippen MR) is 107 cm³/mol. The fourth-order valence-electron chi connectivity index (χ4n) is 3.72. The molecule has 148 valence electrons. The molecule has 9 nitrogen and oxygen atoms in total. The van der Waals surface area contributed by atoms with Crippen molar-refractivity contribution in [3.05, 3.63) is 48.7 Å². The number of carbonyl (C=O) groups excluding carboxylic acids is 1. The summed E-state index contributed by atoms with van der Waals surface area (Å²) in [5.74, 6) is 0.194. The van der Waals surface area contributed by atoms with Gasteiger partial charge in [-0.2, -0.15) is 15.3 Å². The van der Waals surface area contributed by atoms with Crippen LogP contribution in [-0.4, -0.2) is 49.3 Å². The summed E-state index contributed by atoms with van der Waals surface area (Å²) in [5.41, 5.74) is 3.77. The molecular formula is C20H21N7O2. The fraction of sp³-hybridized carbons (Fsp3) is 0.300. The second kappa shape index (κ2) is 7.51. The van der Waals surface area contributed by atoms with E-state index in [0.29, 0.717) is 17.3 Å². The lowest BCUT2D eigenvalue weighted by Gasteiger charge is -2.21. The molecule has 1 fully saturated rings. The number of benzene rings is 1. The SMILES string of the molecule is O=C(Nc1cnn(CC2CCCOC2)c1)c1n[nH]c2cc(-c3cn[nH]c3)ccc12. The van der Waals surface area contributed by atoms with Crippen molar-refractivity contribution in [1.82, 2.24) is 30.2 Å². The quantitative estimate of drug-likeness (QED) is 0.484. The van der Waals surface area contributed by atoms with Gasteiger partial charge < -0.3 is 10.1 Å². The van der Waals surface area contributed by atoms with Gasteiger partial charge in [0, 0.05) is 42.4 Å². The molecule has 4 heterocycles. The Balaban J connectivity index is 1.30. The van der Waals surface area contributed by atoms with E-state index in [9.17, 15) is 4.79 Å². The highest BCUT2D eigenvalue weighted by atomic mass is 16.5. The zero-order chi connectivity index (χ0) is 19.6. The van der Waals surface area contributed by atoms with Crippen molar-refractivity contribution in [1.29, 1.82) is 0 Å². The van der Waals surface area contributed by atoms with Crippen molar-refractivity contribution in [3.8, 4) is 11.1 Å². The number of amides is 1. The Bertz CT molecular complexity index is 1120. The van der Waals surface area contributed by atoms with Crippen molar-refractivity contribution in [2.45, 2.75) is 19.4 Å². The zero-order valence-corrected chi connectivity index (χ0v) is 15.8. The summed E-state index contributed by atoms with van der Waals surface area (Å²) in [4.78, 5) is 12.7. The van der Waals surface area contributed by atoms with Crippen LogP contribution in [0.15, 0.2) is 43.0 Å². The molecule has 29 heavy (non-hydrogen) atoms. The Labute approximate surface area is 166 Å². The first-order valence-corrected chi connectivity index (χ1v) is 9.65. The van der Waals surface area contributed by atoms with Crippen LogP contribution in [0.5, 0.6) is 0 Å². The number of anilines is 1. The lowest BCUT2D eigenvalue weighted by atomic mass is 10.0. The Morgan fingerprint density at radius 3 is 3.10 bits per heavy atom. The van der Waals surface area contributed by atoms with Crippen LogP contribution in [0.25, 0.3) is 22.0 Å². The molecule has 9 heteroatoms. The lowest BCUT2D eigenvalue weighted by Crippen LogP contribution is -2.22. The number of ether oxygens (including phenoxy) is 1. The number of nitrogens with zero attached hydrogens (tertiary/aromatic N) is 4. The molecule has 1 aliphatic heterocycles. The molecular weight excluding hydrogens is 370 g/mol. The number of nitrogens with one attached hydrogen (secondary N) is 3. The first kappa shape index (κ1) is 17.6. The Kier molecular flexibility index (Phi) is 4.57. The monoisotopic (exact) mass is 391 g/mol. The van der Waals surface area contributed by atoms with E-state index in [4.69, 9.17) is 4.74 Å². The Morgan fingerprint density at radius 1 is 1.31 bits per heavy atom. The van der Waals surface area contributed by atoms with Gasteiger partial charge in [0.05, 0.1) is 30.2 Å². The molecule has 1 atom stereocenters. The minimum atomic E-state index is -0.270. The summed E-state index contributed by atoms with van der Waals surface area (Å²) in [6.07, 6.45) is 9.31. The highest BCUT2D eigenvalue weighted by molar-refractivity contribution is 6.11. The van der Waals surface area contributed by atoms with Crippen molar-refractivity contribution in [2.24, 2.45) is 5.92 Å². The smallest absolute Gasteiger partial charge is 0.276 e. The van der Waals surface area contributed by atoms with Gasteiger partial charge in [0.25, 0.3) is 5.91 Å². The van der Waals surface area contributed by atoms with Crippen molar-refractivity contribution in [2.75, 3.05) is 18.5 Å². The van der Waals surface area contributed by atoms with Gasteiger partial charge in [-0.3, -0.25) is 19.7 Å². The summed E-state index contributed by atoms with van der Waals surface area (Å²) in [5, 5.41) is 21.9. The van der Waals surface area contributed by atoms with Crippen LogP contribution in [0.3, 0.4) is 0 Å². The molecule has 1 aromatic carbocycles. The molecule has 1 saturated heterocycles. The first-order chi connectivity index (χ1) is 14.3. The van der Waals surface area contributed by atoms with Crippen LogP contribution >= 0.6 is 0 Å². The van der Waals surface area contributed by atoms with Gasteiger partial charge in [-0.1, -0.05) is 6.07 Å². The number of hydrogen-bond donors (Lipinski definition) is 3. The highest BCUT2D eigenvalue weighted by Gasteiger charge is 2.17. The van der Waals surface area contributed by atoms with Gasteiger partial charge >= 0.3 is 0 Å². The summed E-state index contributed by atoms with van der Waals surface area (Å²) in [7, 11) is 0. The van der Waals surface area contributed by atoms with Crippen LogP contribution in [-0.2, 0) is 11.3 Å². The van der Waals surface area contributed by atoms with Crippen molar-refractivity contribution in [3.63, 3.8) is 0 Å². The summed E-state index contributed by atoms with van der Waals surface area (Å²) in [6.45, 7) is 2.40. The molecule has 3 aromatic heterocycles. The zero-order valence-electron chi connectivity index (χ0n) is 15.8. The van der Waals surface area contributed by atoms with E-state index in [1.807, 2.05) is 35.3 Å². The summed E-state index contributed by atoms with van der Waals surface area (Å²) in [6, 6.07) is 5.79. The third-order valence-corrected chi connectivity index (χ3v) is 5.20. The maximum atomic E-state index is 12.7. The minimum absolute atomic E-state index is 0.270. The predicted octanol–water partition coefficient (Wildman–Crippen LogP) is 2.83. The van der Waals surface area contributed by atoms with E-state index in [1.165, 1.54) is 0 Å². The minimum Gasteiger partial charge on any atom is -0.381 e. The maximum absolute atomic E-state index is 12.7. The van der Waals surface area contributed by atoms with E-state index in [2.05, 4.69) is 30.8 Å². The molecule has 1 amide bonds. The second-order valence-electron chi connectivity index (χ2n) is 7.31. The van der Waals surface area contributed by atoms with Crippen LogP contribution in [0.2, 0.25) is 0 Å². The number of aromatic nitrogens is 6. The lowest BCUT2D eigenvalue weighted by molar-refractivity contribution is 0.0470. The molecule has 3 N–H and O–H groups in total. The number of H-pyrrole nitrogens is 2. The van der Waals surface area contributed by atoms with Gasteiger partial charge in [0.15, 0.2) is 5.69 Å². The van der Waals surface area contributed by atoms with E-state index in [1.54, 1.807) is 12.4 Å². The van der Waals surface area contributed by atoms with Crippen molar-refractivity contribution >= 4 is 22.5 Å². The average Bonchev–Trinajstić information content (AvgIpc) is 3.49. The molecule has 0 radical (unpaired) electrons. The molecule has 4 aromatic rings. The number of aromatic amines is 2. The molecule has 0 aliphatic carbocycles. The van der Waals surface area contributed by atoms with Gasteiger partial charge in [0.2, 0.25) is 0 Å². The molecule has 0 bridgehead atoms.